The van der Waals surface area contributed by atoms with Gasteiger partial charge in [0.15, 0.2) is 17.4 Å². The summed E-state index contributed by atoms with van der Waals surface area (Å²) >= 11 is 0. The number of nitrogens with two attached hydrogens (primary N) is 1. The molecule has 2 atom stereocenters. The molecule has 4 nitrogen and oxygen atoms in total. The van der Waals surface area contributed by atoms with E-state index in [0.29, 0.717) is 0 Å². The van der Waals surface area contributed by atoms with Gasteiger partial charge in [0, 0.05) is 24.6 Å². The van der Waals surface area contributed by atoms with Gasteiger partial charge in [0.2, 0.25) is 5.91 Å². The van der Waals surface area contributed by atoms with Gasteiger partial charge in [0.05, 0.1) is 12.8 Å². The molecular weight excluding hydrogens is 266 g/mol. The molecule has 1 saturated carbocycles. The number of hydrogen-bond acceptors (Lipinski definition) is 3. The van der Waals surface area contributed by atoms with Crippen LogP contribution in [0.1, 0.15) is 25.7 Å². The van der Waals surface area contributed by atoms with Crippen LogP contribution in [0.5, 0.6) is 5.75 Å². The largest absolute Gasteiger partial charge is 0.494 e. The van der Waals surface area contributed by atoms with Crippen LogP contribution in [0, 0.1) is 17.6 Å². The summed E-state index contributed by atoms with van der Waals surface area (Å²) in [6, 6.07) is 1.84. The Morgan fingerprint density at radius 3 is 2.75 bits per heavy atom. The third-order valence-electron chi connectivity index (χ3n) is 3.68. The maximum Gasteiger partial charge on any atom is 0.224 e. The average molecular weight is 284 g/mol. The van der Waals surface area contributed by atoms with E-state index in [4.69, 9.17) is 5.73 Å². The number of carbonyl (C=O) groups is 1. The van der Waals surface area contributed by atoms with Crippen LogP contribution in [0.25, 0.3) is 0 Å². The molecule has 0 heterocycles. The monoisotopic (exact) mass is 284 g/mol. The zero-order valence-corrected chi connectivity index (χ0v) is 11.3. The minimum atomic E-state index is -0.729. The van der Waals surface area contributed by atoms with Gasteiger partial charge in [-0.2, -0.15) is 0 Å². The van der Waals surface area contributed by atoms with E-state index in [9.17, 15) is 13.6 Å². The highest BCUT2D eigenvalue weighted by Crippen LogP contribution is 2.28. The smallest absolute Gasteiger partial charge is 0.224 e. The molecule has 1 aliphatic rings. The minimum Gasteiger partial charge on any atom is -0.494 e. The van der Waals surface area contributed by atoms with Gasteiger partial charge in [-0.3, -0.25) is 4.79 Å². The van der Waals surface area contributed by atoms with Crippen LogP contribution >= 0.6 is 0 Å². The normalized spacial score (nSPS) is 21.8. The lowest BCUT2D eigenvalue weighted by atomic mass is 10.00. The molecule has 2 rings (SSSR count). The maximum atomic E-state index is 13.7. The second kappa shape index (κ2) is 6.17. The standard InChI is InChI=1S/C14H18F2N2O2/c1-20-13-7-9(15)12(6-10(13)16)18-14(19)5-8-3-2-4-11(8)17/h6-8,11H,2-5,17H2,1H3,(H,18,19)/t8-,11+/m0/s1. The number of halogens is 2. The van der Waals surface area contributed by atoms with Crippen molar-refractivity contribution in [3.8, 4) is 5.75 Å². The van der Waals surface area contributed by atoms with Crippen molar-refractivity contribution in [2.45, 2.75) is 31.7 Å². The second-order valence-corrected chi connectivity index (χ2v) is 5.07. The van der Waals surface area contributed by atoms with E-state index in [-0.39, 0.29) is 35.7 Å². The fourth-order valence-electron chi connectivity index (χ4n) is 2.54. The van der Waals surface area contributed by atoms with Crippen LogP contribution in [0.15, 0.2) is 12.1 Å². The minimum absolute atomic E-state index is 0.0122. The quantitative estimate of drug-likeness (QED) is 0.892. The van der Waals surface area contributed by atoms with Gasteiger partial charge in [-0.25, -0.2) is 8.78 Å². The predicted molar refractivity (Wildman–Crippen MR) is 71.5 cm³/mol. The Labute approximate surface area is 116 Å². The maximum absolute atomic E-state index is 13.7. The van der Waals surface area contributed by atoms with Gasteiger partial charge in [0.25, 0.3) is 0 Å². The SMILES string of the molecule is COc1cc(F)c(NC(=O)C[C@@H]2CCC[C@H]2N)cc1F. The van der Waals surface area contributed by atoms with E-state index in [1.807, 2.05) is 0 Å². The second-order valence-electron chi connectivity index (χ2n) is 5.07. The summed E-state index contributed by atoms with van der Waals surface area (Å²) in [5, 5.41) is 2.38. The lowest BCUT2D eigenvalue weighted by Gasteiger charge is -2.15. The van der Waals surface area contributed by atoms with Gasteiger partial charge in [-0.05, 0) is 18.8 Å². The Hall–Kier alpha value is -1.69. The molecule has 3 N–H and O–H groups in total. The number of methoxy groups -OCH3 is 1. The fourth-order valence-corrected chi connectivity index (χ4v) is 2.54. The van der Waals surface area contributed by atoms with Gasteiger partial charge in [-0.15, -0.1) is 0 Å². The molecule has 0 aliphatic heterocycles. The van der Waals surface area contributed by atoms with Crippen molar-refractivity contribution in [3.63, 3.8) is 0 Å². The summed E-state index contributed by atoms with van der Waals surface area (Å²) in [6.07, 6.45) is 3.04. The lowest BCUT2D eigenvalue weighted by Crippen LogP contribution is -2.28. The Bertz CT molecular complexity index is 508. The van der Waals surface area contributed by atoms with Crippen molar-refractivity contribution < 1.29 is 18.3 Å². The van der Waals surface area contributed by atoms with Crippen molar-refractivity contribution in [1.29, 1.82) is 0 Å². The summed E-state index contributed by atoms with van der Waals surface area (Å²) in [5.41, 5.74) is 5.70. The summed E-state index contributed by atoms with van der Waals surface area (Å²) in [5.74, 6) is -1.88. The number of carbonyl (C=O) groups excluding carboxylic acids is 1. The summed E-state index contributed by atoms with van der Waals surface area (Å²) in [4.78, 5) is 11.8. The van der Waals surface area contributed by atoms with Crippen LogP contribution in [0.3, 0.4) is 0 Å². The molecule has 0 spiro atoms. The molecule has 1 aliphatic carbocycles. The zero-order valence-electron chi connectivity index (χ0n) is 11.3. The number of anilines is 1. The number of ether oxygens (including phenoxy) is 1. The van der Waals surface area contributed by atoms with Gasteiger partial charge in [0.1, 0.15) is 0 Å². The van der Waals surface area contributed by atoms with E-state index in [1.165, 1.54) is 7.11 Å². The van der Waals surface area contributed by atoms with Crippen molar-refractivity contribution in [1.82, 2.24) is 0 Å². The zero-order chi connectivity index (χ0) is 14.7. The highest BCUT2D eigenvalue weighted by atomic mass is 19.1. The highest BCUT2D eigenvalue weighted by molar-refractivity contribution is 5.91. The van der Waals surface area contributed by atoms with E-state index >= 15 is 0 Å². The molecule has 0 saturated heterocycles. The summed E-state index contributed by atoms with van der Waals surface area (Å²) in [7, 11) is 1.25. The highest BCUT2D eigenvalue weighted by Gasteiger charge is 2.26. The first-order valence-electron chi connectivity index (χ1n) is 6.59. The third kappa shape index (κ3) is 3.25. The van der Waals surface area contributed by atoms with Crippen molar-refractivity contribution >= 4 is 11.6 Å². The molecule has 1 aromatic carbocycles. The fraction of sp³-hybridized carbons (Fsp3) is 0.500. The third-order valence-corrected chi connectivity index (χ3v) is 3.68. The first-order chi connectivity index (χ1) is 9.51. The molecule has 1 fully saturated rings. The van der Waals surface area contributed by atoms with Crippen LogP contribution in [-0.2, 0) is 4.79 Å². The number of hydrogen-bond donors (Lipinski definition) is 2. The molecule has 0 radical (unpaired) electrons. The van der Waals surface area contributed by atoms with Crippen LogP contribution < -0.4 is 15.8 Å². The number of benzene rings is 1. The average Bonchev–Trinajstić information content (AvgIpc) is 2.79. The van der Waals surface area contributed by atoms with E-state index < -0.39 is 11.6 Å². The van der Waals surface area contributed by atoms with E-state index in [1.54, 1.807) is 0 Å². The number of nitrogens with one attached hydrogen (secondary N) is 1. The van der Waals surface area contributed by atoms with Crippen molar-refractivity contribution in [2.75, 3.05) is 12.4 Å². The van der Waals surface area contributed by atoms with E-state index in [0.717, 1.165) is 31.4 Å². The molecule has 110 valence electrons. The molecule has 0 aromatic heterocycles. The molecule has 1 amide bonds. The first kappa shape index (κ1) is 14.7. The first-order valence-corrected chi connectivity index (χ1v) is 6.59. The lowest BCUT2D eigenvalue weighted by molar-refractivity contribution is -0.117. The predicted octanol–water partition coefficient (Wildman–Crippen LogP) is 2.43. The molecule has 20 heavy (non-hydrogen) atoms. The van der Waals surface area contributed by atoms with Crippen LogP contribution in [0.4, 0.5) is 14.5 Å². The van der Waals surface area contributed by atoms with Crippen molar-refractivity contribution in [3.05, 3.63) is 23.8 Å². The Morgan fingerprint density at radius 2 is 2.15 bits per heavy atom. The molecule has 0 bridgehead atoms. The van der Waals surface area contributed by atoms with Gasteiger partial charge in [-0.1, -0.05) is 6.42 Å². The Balaban J connectivity index is 2.02. The molecule has 0 unspecified atom stereocenters. The topological polar surface area (TPSA) is 64.3 Å². The molecule has 6 heteroatoms. The number of amides is 1. The number of rotatable bonds is 4. The Kier molecular flexibility index (Phi) is 4.54. The van der Waals surface area contributed by atoms with Gasteiger partial charge >= 0.3 is 0 Å². The Morgan fingerprint density at radius 1 is 1.40 bits per heavy atom. The van der Waals surface area contributed by atoms with E-state index in [2.05, 4.69) is 10.1 Å². The molecule has 1 aromatic rings. The molecular formula is C14H18F2N2O2. The summed E-state index contributed by atoms with van der Waals surface area (Å²) in [6.45, 7) is 0. The van der Waals surface area contributed by atoms with Gasteiger partial charge < -0.3 is 15.8 Å². The van der Waals surface area contributed by atoms with Crippen molar-refractivity contribution in [2.24, 2.45) is 11.7 Å². The van der Waals surface area contributed by atoms with Crippen LogP contribution in [-0.4, -0.2) is 19.1 Å². The summed E-state index contributed by atoms with van der Waals surface area (Å²) < 4.78 is 31.8. The van der Waals surface area contributed by atoms with Crippen LogP contribution in [0.2, 0.25) is 0 Å².